The predicted octanol–water partition coefficient (Wildman–Crippen LogP) is -0.173. The standard InChI is InChI=1S/C9H18N2O3S/c1-15(13,14)11-9(12)8-4-2-7(6-10)3-5-8/h7-8H,2-6,10H2,1H3,(H,11,12). The van der Waals surface area contributed by atoms with Crippen LogP contribution in [0.3, 0.4) is 0 Å². The van der Waals surface area contributed by atoms with Crippen LogP contribution in [0.4, 0.5) is 0 Å². The molecule has 1 amide bonds. The largest absolute Gasteiger partial charge is 0.330 e. The smallest absolute Gasteiger partial charge is 0.236 e. The van der Waals surface area contributed by atoms with Crippen LogP contribution in [0.15, 0.2) is 0 Å². The summed E-state index contributed by atoms with van der Waals surface area (Å²) >= 11 is 0. The number of nitrogens with two attached hydrogens (primary N) is 1. The SMILES string of the molecule is CS(=O)(=O)NC(=O)C1CCC(CN)CC1. The molecule has 0 aliphatic heterocycles. The van der Waals surface area contributed by atoms with E-state index in [0.29, 0.717) is 12.5 Å². The van der Waals surface area contributed by atoms with Gasteiger partial charge in [-0.2, -0.15) is 0 Å². The van der Waals surface area contributed by atoms with Crippen LogP contribution in [0.1, 0.15) is 25.7 Å². The number of rotatable bonds is 3. The van der Waals surface area contributed by atoms with Gasteiger partial charge in [-0.25, -0.2) is 8.42 Å². The summed E-state index contributed by atoms with van der Waals surface area (Å²) in [6, 6.07) is 0. The van der Waals surface area contributed by atoms with Crippen molar-refractivity contribution in [3.05, 3.63) is 0 Å². The first-order chi connectivity index (χ1) is 6.92. The van der Waals surface area contributed by atoms with Gasteiger partial charge in [-0.3, -0.25) is 9.52 Å². The fourth-order valence-electron chi connectivity index (χ4n) is 1.93. The van der Waals surface area contributed by atoms with E-state index in [1.807, 2.05) is 4.72 Å². The Labute approximate surface area is 90.5 Å². The summed E-state index contributed by atoms with van der Waals surface area (Å²) < 4.78 is 23.7. The van der Waals surface area contributed by atoms with Gasteiger partial charge >= 0.3 is 0 Å². The van der Waals surface area contributed by atoms with Crippen LogP contribution < -0.4 is 10.5 Å². The molecule has 0 aromatic carbocycles. The van der Waals surface area contributed by atoms with Crippen LogP contribution in [-0.2, 0) is 14.8 Å². The molecule has 1 aliphatic carbocycles. The van der Waals surface area contributed by atoms with Crippen LogP contribution in [0, 0.1) is 11.8 Å². The Morgan fingerprint density at radius 2 is 1.87 bits per heavy atom. The van der Waals surface area contributed by atoms with Gasteiger partial charge in [0.1, 0.15) is 0 Å². The van der Waals surface area contributed by atoms with E-state index < -0.39 is 10.0 Å². The summed E-state index contributed by atoms with van der Waals surface area (Å²) in [4.78, 5) is 11.5. The van der Waals surface area contributed by atoms with Crippen molar-refractivity contribution >= 4 is 15.9 Å². The molecule has 0 heterocycles. The summed E-state index contributed by atoms with van der Waals surface area (Å²) in [7, 11) is -3.42. The third kappa shape index (κ3) is 4.17. The highest BCUT2D eigenvalue weighted by molar-refractivity contribution is 7.89. The molecule has 0 aromatic rings. The van der Waals surface area contributed by atoms with E-state index in [0.717, 1.165) is 31.9 Å². The first kappa shape index (κ1) is 12.4. The average Bonchev–Trinajstić information content (AvgIpc) is 2.15. The van der Waals surface area contributed by atoms with Gasteiger partial charge in [0.25, 0.3) is 0 Å². The third-order valence-electron chi connectivity index (χ3n) is 2.84. The van der Waals surface area contributed by atoms with Gasteiger partial charge in [-0.05, 0) is 38.1 Å². The molecule has 0 unspecified atom stereocenters. The zero-order chi connectivity index (χ0) is 11.5. The Morgan fingerprint density at radius 3 is 2.27 bits per heavy atom. The minimum Gasteiger partial charge on any atom is -0.330 e. The monoisotopic (exact) mass is 234 g/mol. The molecule has 1 aliphatic rings. The van der Waals surface area contributed by atoms with E-state index in [4.69, 9.17) is 5.73 Å². The second-order valence-corrected chi connectivity index (χ2v) is 5.94. The second kappa shape index (κ2) is 4.94. The van der Waals surface area contributed by atoms with Crippen LogP contribution in [0.2, 0.25) is 0 Å². The highest BCUT2D eigenvalue weighted by Crippen LogP contribution is 2.28. The lowest BCUT2D eigenvalue weighted by Crippen LogP contribution is -2.37. The summed E-state index contributed by atoms with van der Waals surface area (Å²) in [5, 5.41) is 0. The van der Waals surface area contributed by atoms with Crippen molar-refractivity contribution in [2.45, 2.75) is 25.7 Å². The Bertz CT molecular complexity index is 318. The van der Waals surface area contributed by atoms with E-state index in [-0.39, 0.29) is 11.8 Å². The molecule has 0 saturated heterocycles. The number of carbonyl (C=O) groups is 1. The van der Waals surface area contributed by atoms with Crippen molar-refractivity contribution < 1.29 is 13.2 Å². The van der Waals surface area contributed by atoms with Crippen molar-refractivity contribution in [2.75, 3.05) is 12.8 Å². The quantitative estimate of drug-likeness (QED) is 0.709. The minimum atomic E-state index is -3.42. The van der Waals surface area contributed by atoms with E-state index >= 15 is 0 Å². The third-order valence-corrected chi connectivity index (χ3v) is 3.41. The lowest BCUT2D eigenvalue weighted by atomic mass is 9.82. The Kier molecular flexibility index (Phi) is 4.10. The zero-order valence-corrected chi connectivity index (χ0v) is 9.72. The minimum absolute atomic E-state index is 0.164. The van der Waals surface area contributed by atoms with Crippen LogP contribution in [0.5, 0.6) is 0 Å². The second-order valence-electron chi connectivity index (χ2n) is 4.19. The molecule has 1 fully saturated rings. The van der Waals surface area contributed by atoms with Gasteiger partial charge in [0, 0.05) is 5.92 Å². The molecule has 0 radical (unpaired) electrons. The summed E-state index contributed by atoms with van der Waals surface area (Å²) in [6.45, 7) is 0.653. The molecule has 88 valence electrons. The van der Waals surface area contributed by atoms with Crippen molar-refractivity contribution in [3.8, 4) is 0 Å². The number of amides is 1. The van der Waals surface area contributed by atoms with Gasteiger partial charge < -0.3 is 5.73 Å². The van der Waals surface area contributed by atoms with Crippen LogP contribution in [0.25, 0.3) is 0 Å². The van der Waals surface area contributed by atoms with Gasteiger partial charge in [0.05, 0.1) is 6.26 Å². The van der Waals surface area contributed by atoms with Crippen molar-refractivity contribution in [1.82, 2.24) is 4.72 Å². The number of nitrogens with one attached hydrogen (secondary N) is 1. The number of sulfonamides is 1. The van der Waals surface area contributed by atoms with Crippen molar-refractivity contribution in [1.29, 1.82) is 0 Å². The first-order valence-corrected chi connectivity index (χ1v) is 7.03. The van der Waals surface area contributed by atoms with E-state index in [9.17, 15) is 13.2 Å². The molecule has 0 atom stereocenters. The van der Waals surface area contributed by atoms with Gasteiger partial charge in [-0.1, -0.05) is 0 Å². The van der Waals surface area contributed by atoms with E-state index in [1.54, 1.807) is 0 Å². The molecule has 6 heteroatoms. The molecule has 0 spiro atoms. The van der Waals surface area contributed by atoms with Gasteiger partial charge in [-0.15, -0.1) is 0 Å². The summed E-state index contributed by atoms with van der Waals surface area (Å²) in [5.41, 5.74) is 5.53. The lowest BCUT2D eigenvalue weighted by molar-refractivity contribution is -0.124. The van der Waals surface area contributed by atoms with E-state index in [2.05, 4.69) is 0 Å². The molecule has 1 rings (SSSR count). The molecule has 15 heavy (non-hydrogen) atoms. The Hall–Kier alpha value is -0.620. The number of carbonyl (C=O) groups excluding carboxylic acids is 1. The fraction of sp³-hybridized carbons (Fsp3) is 0.889. The molecule has 0 aromatic heterocycles. The molecular formula is C9H18N2O3S. The summed E-state index contributed by atoms with van der Waals surface area (Å²) in [6.07, 6.45) is 4.31. The molecule has 5 nitrogen and oxygen atoms in total. The molecule has 1 saturated carbocycles. The van der Waals surface area contributed by atoms with E-state index in [1.165, 1.54) is 0 Å². The average molecular weight is 234 g/mol. The van der Waals surface area contributed by atoms with Crippen molar-refractivity contribution in [2.24, 2.45) is 17.6 Å². The maximum Gasteiger partial charge on any atom is 0.236 e. The van der Waals surface area contributed by atoms with Gasteiger partial charge in [0.2, 0.25) is 15.9 Å². The maximum atomic E-state index is 11.5. The number of hydrogen-bond acceptors (Lipinski definition) is 4. The van der Waals surface area contributed by atoms with Crippen LogP contribution in [-0.4, -0.2) is 27.1 Å². The molecular weight excluding hydrogens is 216 g/mol. The van der Waals surface area contributed by atoms with Crippen molar-refractivity contribution in [3.63, 3.8) is 0 Å². The lowest BCUT2D eigenvalue weighted by Gasteiger charge is -2.26. The topological polar surface area (TPSA) is 89.3 Å². The zero-order valence-electron chi connectivity index (χ0n) is 8.90. The first-order valence-electron chi connectivity index (χ1n) is 5.14. The highest BCUT2D eigenvalue weighted by atomic mass is 32.2. The summed E-state index contributed by atoms with van der Waals surface area (Å²) in [5.74, 6) is -0.0391. The molecule has 0 bridgehead atoms. The predicted molar refractivity (Wildman–Crippen MR) is 57.5 cm³/mol. The normalized spacial score (nSPS) is 27.3. The fourth-order valence-corrected chi connectivity index (χ4v) is 2.46. The Balaban J connectivity index is 2.43. The Morgan fingerprint density at radius 1 is 1.33 bits per heavy atom. The van der Waals surface area contributed by atoms with Crippen LogP contribution >= 0.6 is 0 Å². The number of hydrogen-bond donors (Lipinski definition) is 2. The maximum absolute atomic E-state index is 11.5. The van der Waals surface area contributed by atoms with Gasteiger partial charge in [0.15, 0.2) is 0 Å². The highest BCUT2D eigenvalue weighted by Gasteiger charge is 2.26. The molecule has 3 N–H and O–H groups in total.